The Morgan fingerprint density at radius 2 is 1.80 bits per heavy atom. The van der Waals surface area contributed by atoms with Crippen LogP contribution < -0.4 is 5.32 Å². The highest BCUT2D eigenvalue weighted by Crippen LogP contribution is 2.27. The largest absolute Gasteiger partial charge is 0.478 e. The fourth-order valence-electron chi connectivity index (χ4n) is 5.09. The minimum atomic E-state index is -0.960. The molecule has 0 aliphatic rings. The lowest BCUT2D eigenvalue weighted by Gasteiger charge is -2.19. The van der Waals surface area contributed by atoms with Crippen LogP contribution in [0.3, 0.4) is 0 Å². The number of aromatic carboxylic acids is 1. The van der Waals surface area contributed by atoms with Gasteiger partial charge in [-0.3, -0.25) is 4.79 Å². The summed E-state index contributed by atoms with van der Waals surface area (Å²) in [6.45, 7) is 6.62. The summed E-state index contributed by atoms with van der Waals surface area (Å²) in [5, 5.41) is 22.8. The topological polar surface area (TPSA) is 104 Å². The second-order valence-corrected chi connectivity index (χ2v) is 10.9. The molecule has 1 atom stereocenters. The van der Waals surface area contributed by atoms with E-state index in [1.54, 1.807) is 18.2 Å². The van der Waals surface area contributed by atoms with Gasteiger partial charge in [-0.05, 0) is 53.6 Å². The number of hydrogen-bond donors (Lipinski definition) is 4. The van der Waals surface area contributed by atoms with Crippen molar-refractivity contribution in [3.63, 3.8) is 0 Å². The van der Waals surface area contributed by atoms with Crippen molar-refractivity contribution in [3.8, 4) is 11.1 Å². The minimum Gasteiger partial charge on any atom is -0.478 e. The fraction of sp³-hybridized carbons (Fsp3) is 0.344. The lowest BCUT2D eigenvalue weighted by molar-refractivity contribution is 0.0697. The van der Waals surface area contributed by atoms with Crippen LogP contribution >= 0.6 is 12.6 Å². The molecule has 0 spiro atoms. The zero-order valence-electron chi connectivity index (χ0n) is 23.2. The standard InChI is InChI=1S/C32H37N3O4S/c1-4-7-29-34-30-24(18-36)15-23(31(37)33-25(19-40)14-20(2)3)16-28(30)35(29)17-21-10-12-22(13-11-21)26-8-5-6-9-27(26)32(38)39/h5-6,8-13,15-16,20,25,36,40H,4,7,14,17-19H2,1-3H3,(H,33,37)(H,38,39)/t25-/m1/s1. The molecular weight excluding hydrogens is 522 g/mol. The highest BCUT2D eigenvalue weighted by atomic mass is 32.1. The van der Waals surface area contributed by atoms with Gasteiger partial charge in [-0.1, -0.05) is 63.2 Å². The van der Waals surface area contributed by atoms with Crippen LogP contribution in [0, 0.1) is 5.92 Å². The minimum absolute atomic E-state index is 0.0468. The molecule has 0 radical (unpaired) electrons. The average Bonchev–Trinajstić information content (AvgIpc) is 3.29. The summed E-state index contributed by atoms with van der Waals surface area (Å²) < 4.78 is 2.11. The molecule has 3 N–H and O–H groups in total. The third-order valence-corrected chi connectivity index (χ3v) is 7.43. The molecule has 3 aromatic carbocycles. The molecule has 1 amide bonds. The first-order valence-electron chi connectivity index (χ1n) is 13.7. The van der Waals surface area contributed by atoms with Gasteiger partial charge in [0.05, 0.1) is 23.2 Å². The number of aromatic nitrogens is 2. The van der Waals surface area contributed by atoms with Crippen LogP contribution in [0.15, 0.2) is 60.7 Å². The first-order chi connectivity index (χ1) is 19.2. The SMILES string of the molecule is CCCc1nc2c(CO)cc(C(=O)N[C@@H](CS)CC(C)C)cc2n1Cc1ccc(-c2ccccc2C(=O)O)cc1. The first-order valence-corrected chi connectivity index (χ1v) is 14.3. The highest BCUT2D eigenvalue weighted by Gasteiger charge is 2.20. The van der Waals surface area contributed by atoms with Gasteiger partial charge in [-0.15, -0.1) is 0 Å². The van der Waals surface area contributed by atoms with Crippen LogP contribution in [-0.4, -0.2) is 43.4 Å². The van der Waals surface area contributed by atoms with E-state index in [1.165, 1.54) is 0 Å². The van der Waals surface area contributed by atoms with Crippen molar-refractivity contribution >= 4 is 35.5 Å². The Labute approximate surface area is 240 Å². The second-order valence-electron chi connectivity index (χ2n) is 10.6. The molecule has 0 aliphatic carbocycles. The highest BCUT2D eigenvalue weighted by molar-refractivity contribution is 7.80. The van der Waals surface area contributed by atoms with Gasteiger partial charge in [-0.2, -0.15) is 12.6 Å². The Morgan fingerprint density at radius 1 is 1.07 bits per heavy atom. The Morgan fingerprint density at radius 3 is 2.42 bits per heavy atom. The van der Waals surface area contributed by atoms with Crippen LogP contribution in [0.2, 0.25) is 0 Å². The van der Waals surface area contributed by atoms with Crippen LogP contribution in [0.25, 0.3) is 22.2 Å². The van der Waals surface area contributed by atoms with Gasteiger partial charge in [0.25, 0.3) is 5.91 Å². The van der Waals surface area contributed by atoms with E-state index < -0.39 is 5.97 Å². The molecule has 0 aliphatic heterocycles. The van der Waals surface area contributed by atoms with Crippen molar-refractivity contribution in [1.29, 1.82) is 0 Å². The third kappa shape index (κ3) is 6.57. The van der Waals surface area contributed by atoms with E-state index >= 15 is 0 Å². The number of aliphatic hydroxyl groups is 1. The molecular formula is C32H37N3O4S. The number of hydrogen-bond acceptors (Lipinski definition) is 5. The number of fused-ring (bicyclic) bond motifs is 1. The Balaban J connectivity index is 1.71. The Bertz CT molecular complexity index is 1490. The summed E-state index contributed by atoms with van der Waals surface area (Å²) in [6.07, 6.45) is 2.48. The fourth-order valence-corrected chi connectivity index (χ4v) is 5.33. The number of carboxylic acid groups (broad SMARTS) is 1. The number of rotatable bonds is 12. The van der Waals surface area contributed by atoms with Crippen LogP contribution in [0.1, 0.15) is 71.3 Å². The average molecular weight is 560 g/mol. The van der Waals surface area contributed by atoms with Gasteiger partial charge in [0.2, 0.25) is 0 Å². The van der Waals surface area contributed by atoms with Crippen molar-refractivity contribution in [3.05, 3.63) is 88.7 Å². The molecule has 4 aromatic rings. The van der Waals surface area contributed by atoms with E-state index in [0.29, 0.717) is 40.4 Å². The lowest BCUT2D eigenvalue weighted by Crippen LogP contribution is -2.37. The maximum Gasteiger partial charge on any atom is 0.336 e. The molecule has 0 unspecified atom stereocenters. The molecule has 1 aromatic heterocycles. The second kappa shape index (κ2) is 13.2. The normalized spacial score (nSPS) is 12.2. The van der Waals surface area contributed by atoms with E-state index in [1.807, 2.05) is 42.5 Å². The van der Waals surface area contributed by atoms with Gasteiger partial charge in [0.1, 0.15) is 5.82 Å². The number of thiol groups is 1. The number of nitrogens with zero attached hydrogens (tertiary/aromatic N) is 2. The maximum absolute atomic E-state index is 13.3. The summed E-state index contributed by atoms with van der Waals surface area (Å²) in [7, 11) is 0. The number of carboxylic acids is 1. The molecule has 8 heteroatoms. The molecule has 0 bridgehead atoms. The van der Waals surface area contributed by atoms with E-state index in [0.717, 1.165) is 41.7 Å². The summed E-state index contributed by atoms with van der Waals surface area (Å²) in [5.41, 5.74) is 5.36. The van der Waals surface area contributed by atoms with Crippen molar-refractivity contribution in [2.75, 3.05) is 5.75 Å². The molecule has 4 rings (SSSR count). The summed E-state index contributed by atoms with van der Waals surface area (Å²) in [5.74, 6) is 0.707. The van der Waals surface area contributed by atoms with E-state index in [9.17, 15) is 19.8 Å². The predicted molar refractivity (Wildman–Crippen MR) is 162 cm³/mol. The molecule has 0 saturated heterocycles. The van der Waals surface area contributed by atoms with Crippen LogP contribution in [0.4, 0.5) is 0 Å². The number of amides is 1. The van der Waals surface area contributed by atoms with Crippen LogP contribution in [-0.2, 0) is 19.6 Å². The predicted octanol–water partition coefficient (Wildman–Crippen LogP) is 5.97. The molecule has 210 valence electrons. The van der Waals surface area contributed by atoms with E-state index in [4.69, 9.17) is 4.98 Å². The molecule has 0 saturated carbocycles. The summed E-state index contributed by atoms with van der Waals surface area (Å²) >= 11 is 4.42. The zero-order valence-corrected chi connectivity index (χ0v) is 24.1. The third-order valence-electron chi connectivity index (χ3n) is 6.99. The number of aliphatic hydroxyl groups excluding tert-OH is 1. The smallest absolute Gasteiger partial charge is 0.336 e. The molecule has 0 fully saturated rings. The number of imidazole rings is 1. The van der Waals surface area contributed by atoms with Crippen molar-refractivity contribution in [2.24, 2.45) is 5.92 Å². The Kier molecular flexibility index (Phi) is 9.66. The van der Waals surface area contributed by atoms with Gasteiger partial charge in [-0.25, -0.2) is 9.78 Å². The quantitative estimate of drug-likeness (QED) is 0.160. The Hall–Kier alpha value is -3.62. The van der Waals surface area contributed by atoms with Gasteiger partial charge >= 0.3 is 5.97 Å². The monoisotopic (exact) mass is 559 g/mol. The number of aryl methyl sites for hydroxylation is 1. The maximum atomic E-state index is 13.3. The number of carbonyl (C=O) groups excluding carboxylic acids is 1. The molecule has 40 heavy (non-hydrogen) atoms. The zero-order chi connectivity index (χ0) is 28.8. The van der Waals surface area contributed by atoms with Crippen molar-refractivity contribution in [1.82, 2.24) is 14.9 Å². The van der Waals surface area contributed by atoms with Gasteiger partial charge in [0, 0.05) is 35.9 Å². The molecule has 1 heterocycles. The number of benzene rings is 3. The molecule has 7 nitrogen and oxygen atoms in total. The van der Waals surface area contributed by atoms with Crippen molar-refractivity contribution in [2.45, 2.75) is 59.2 Å². The first kappa shape index (κ1) is 29.4. The number of carbonyl (C=O) groups is 2. The van der Waals surface area contributed by atoms with Crippen LogP contribution in [0.5, 0.6) is 0 Å². The summed E-state index contributed by atoms with van der Waals surface area (Å²) in [4.78, 5) is 29.8. The number of nitrogens with one attached hydrogen (secondary N) is 1. The van der Waals surface area contributed by atoms with E-state index in [-0.39, 0.29) is 24.1 Å². The van der Waals surface area contributed by atoms with Gasteiger partial charge < -0.3 is 20.1 Å². The lowest BCUT2D eigenvalue weighted by atomic mass is 9.98. The van der Waals surface area contributed by atoms with E-state index in [2.05, 4.69) is 43.3 Å². The summed E-state index contributed by atoms with van der Waals surface area (Å²) in [6, 6.07) is 18.3. The van der Waals surface area contributed by atoms with Gasteiger partial charge in [0.15, 0.2) is 0 Å². The van der Waals surface area contributed by atoms with Crippen molar-refractivity contribution < 1.29 is 19.8 Å².